The summed E-state index contributed by atoms with van der Waals surface area (Å²) in [6.45, 7) is 4.15. The average Bonchev–Trinajstić information content (AvgIpc) is 2.53. The van der Waals surface area contributed by atoms with Gasteiger partial charge in [-0.3, -0.25) is 0 Å². The number of nitrogens with one attached hydrogen (secondary N) is 1. The Morgan fingerprint density at radius 1 is 1.17 bits per heavy atom. The SMILES string of the molecule is CC1(C)CCc2cc(S(=O)(=O)NCc3ccc(F)cc3)ccc2O1. The van der Waals surface area contributed by atoms with Gasteiger partial charge >= 0.3 is 0 Å². The molecule has 1 N–H and O–H groups in total. The maximum absolute atomic E-state index is 12.9. The number of benzene rings is 2. The van der Waals surface area contributed by atoms with Crippen molar-refractivity contribution in [1.82, 2.24) is 4.72 Å². The molecule has 1 aliphatic heterocycles. The Hall–Kier alpha value is -1.92. The van der Waals surface area contributed by atoms with E-state index >= 15 is 0 Å². The molecule has 6 heteroatoms. The van der Waals surface area contributed by atoms with E-state index in [4.69, 9.17) is 4.74 Å². The van der Waals surface area contributed by atoms with E-state index in [0.717, 1.165) is 24.2 Å². The minimum atomic E-state index is -3.63. The molecule has 0 aliphatic carbocycles. The van der Waals surface area contributed by atoms with Crippen molar-refractivity contribution in [1.29, 1.82) is 0 Å². The topological polar surface area (TPSA) is 55.4 Å². The van der Waals surface area contributed by atoms with E-state index in [9.17, 15) is 12.8 Å². The summed E-state index contributed by atoms with van der Waals surface area (Å²) in [5.41, 5.74) is 1.37. The molecule has 0 amide bonds. The first kappa shape index (κ1) is 16.9. The van der Waals surface area contributed by atoms with Crippen LogP contribution >= 0.6 is 0 Å². The lowest BCUT2D eigenvalue weighted by Gasteiger charge is -2.32. The van der Waals surface area contributed by atoms with Crippen LogP contribution in [-0.4, -0.2) is 14.0 Å². The van der Waals surface area contributed by atoms with Crippen molar-refractivity contribution in [2.45, 2.75) is 43.7 Å². The Bertz CT molecular complexity index is 845. The molecule has 3 rings (SSSR count). The van der Waals surface area contributed by atoms with Gasteiger partial charge < -0.3 is 4.74 Å². The normalized spacial score (nSPS) is 16.3. The molecule has 24 heavy (non-hydrogen) atoms. The number of sulfonamides is 1. The van der Waals surface area contributed by atoms with Gasteiger partial charge in [-0.25, -0.2) is 17.5 Å². The van der Waals surface area contributed by atoms with Gasteiger partial charge in [0.1, 0.15) is 17.2 Å². The first-order chi connectivity index (χ1) is 11.3. The number of halogens is 1. The van der Waals surface area contributed by atoms with E-state index in [1.807, 2.05) is 13.8 Å². The molecule has 0 spiro atoms. The van der Waals surface area contributed by atoms with Gasteiger partial charge in [-0.1, -0.05) is 12.1 Å². The van der Waals surface area contributed by atoms with E-state index in [1.54, 1.807) is 30.3 Å². The van der Waals surface area contributed by atoms with Crippen LogP contribution in [0.2, 0.25) is 0 Å². The van der Waals surface area contributed by atoms with E-state index in [2.05, 4.69) is 4.72 Å². The molecule has 4 nitrogen and oxygen atoms in total. The minimum Gasteiger partial charge on any atom is -0.488 e. The molecule has 1 aliphatic rings. The van der Waals surface area contributed by atoms with Gasteiger partial charge in [0.05, 0.1) is 4.90 Å². The van der Waals surface area contributed by atoms with Crippen molar-refractivity contribution in [3.8, 4) is 5.75 Å². The van der Waals surface area contributed by atoms with Crippen LogP contribution in [0.25, 0.3) is 0 Å². The van der Waals surface area contributed by atoms with E-state index in [0.29, 0.717) is 5.56 Å². The van der Waals surface area contributed by atoms with Gasteiger partial charge in [-0.05, 0) is 68.1 Å². The fourth-order valence-corrected chi connectivity index (χ4v) is 3.73. The highest BCUT2D eigenvalue weighted by Crippen LogP contribution is 2.34. The summed E-state index contributed by atoms with van der Waals surface area (Å²) in [6, 6.07) is 10.7. The second kappa shape index (κ2) is 6.18. The highest BCUT2D eigenvalue weighted by Gasteiger charge is 2.27. The second-order valence-corrected chi connectivity index (χ2v) is 8.35. The Labute approximate surface area is 141 Å². The third-order valence-electron chi connectivity index (χ3n) is 4.10. The molecule has 1 heterocycles. The smallest absolute Gasteiger partial charge is 0.240 e. The summed E-state index contributed by atoms with van der Waals surface area (Å²) in [5.74, 6) is 0.392. The van der Waals surface area contributed by atoms with Crippen LogP contribution in [0.3, 0.4) is 0 Å². The Kier molecular flexibility index (Phi) is 4.36. The van der Waals surface area contributed by atoms with E-state index in [1.165, 1.54) is 12.1 Å². The lowest BCUT2D eigenvalue weighted by molar-refractivity contribution is 0.0845. The summed E-state index contributed by atoms with van der Waals surface area (Å²) >= 11 is 0. The number of ether oxygens (including phenoxy) is 1. The van der Waals surface area contributed by atoms with Crippen molar-refractivity contribution in [3.63, 3.8) is 0 Å². The summed E-state index contributed by atoms with van der Waals surface area (Å²) in [7, 11) is -3.63. The van der Waals surface area contributed by atoms with Crippen LogP contribution in [0, 0.1) is 5.82 Å². The Balaban J connectivity index is 1.76. The van der Waals surface area contributed by atoms with Crippen molar-refractivity contribution in [2.75, 3.05) is 0 Å². The quantitative estimate of drug-likeness (QED) is 0.920. The molecule has 0 atom stereocenters. The van der Waals surface area contributed by atoms with Gasteiger partial charge in [0.2, 0.25) is 10.0 Å². The summed E-state index contributed by atoms with van der Waals surface area (Å²) in [4.78, 5) is 0.215. The van der Waals surface area contributed by atoms with E-state index < -0.39 is 10.0 Å². The van der Waals surface area contributed by atoms with Gasteiger partial charge in [-0.2, -0.15) is 0 Å². The number of rotatable bonds is 4. The predicted molar refractivity (Wildman–Crippen MR) is 89.9 cm³/mol. The fraction of sp³-hybridized carbons (Fsp3) is 0.333. The molecule has 128 valence electrons. The van der Waals surface area contributed by atoms with Crippen LogP contribution in [-0.2, 0) is 23.0 Å². The van der Waals surface area contributed by atoms with Gasteiger partial charge in [-0.15, -0.1) is 0 Å². The predicted octanol–water partition coefficient (Wildman–Crippen LogP) is 3.41. The van der Waals surface area contributed by atoms with Crippen molar-refractivity contribution < 1.29 is 17.5 Å². The molecule has 0 saturated carbocycles. The van der Waals surface area contributed by atoms with E-state index in [-0.39, 0.29) is 22.9 Å². The maximum atomic E-state index is 12.9. The molecular weight excluding hydrogens is 329 g/mol. The van der Waals surface area contributed by atoms with Gasteiger partial charge in [0, 0.05) is 6.54 Å². The zero-order valence-corrected chi connectivity index (χ0v) is 14.5. The molecule has 2 aromatic carbocycles. The first-order valence-electron chi connectivity index (χ1n) is 7.81. The zero-order chi connectivity index (χ0) is 17.4. The summed E-state index contributed by atoms with van der Waals surface area (Å²) in [6.07, 6.45) is 1.62. The lowest BCUT2D eigenvalue weighted by atomic mass is 9.94. The van der Waals surface area contributed by atoms with Gasteiger partial charge in [0.25, 0.3) is 0 Å². The fourth-order valence-electron chi connectivity index (χ4n) is 2.67. The molecule has 0 saturated heterocycles. The molecule has 0 unspecified atom stereocenters. The number of fused-ring (bicyclic) bond motifs is 1. The molecule has 0 aromatic heterocycles. The molecular formula is C18H20FNO3S. The maximum Gasteiger partial charge on any atom is 0.240 e. The second-order valence-electron chi connectivity index (χ2n) is 6.58. The number of hydrogen-bond acceptors (Lipinski definition) is 3. The molecule has 0 radical (unpaired) electrons. The lowest BCUT2D eigenvalue weighted by Crippen LogP contribution is -2.32. The van der Waals surface area contributed by atoms with Crippen molar-refractivity contribution >= 4 is 10.0 Å². The van der Waals surface area contributed by atoms with Crippen LogP contribution in [0.5, 0.6) is 5.75 Å². The highest BCUT2D eigenvalue weighted by atomic mass is 32.2. The van der Waals surface area contributed by atoms with Crippen LogP contribution in [0.15, 0.2) is 47.4 Å². The largest absolute Gasteiger partial charge is 0.488 e. The highest BCUT2D eigenvalue weighted by molar-refractivity contribution is 7.89. The number of aryl methyl sites for hydroxylation is 1. The Morgan fingerprint density at radius 3 is 2.58 bits per heavy atom. The first-order valence-corrected chi connectivity index (χ1v) is 9.30. The van der Waals surface area contributed by atoms with Crippen molar-refractivity contribution in [2.24, 2.45) is 0 Å². The standard InChI is InChI=1S/C18H20FNO3S/c1-18(2)10-9-14-11-16(7-8-17(14)23-18)24(21,22)20-12-13-3-5-15(19)6-4-13/h3-8,11,20H,9-10,12H2,1-2H3. The molecule has 2 aromatic rings. The van der Waals surface area contributed by atoms with Crippen LogP contribution in [0.4, 0.5) is 4.39 Å². The van der Waals surface area contributed by atoms with Crippen molar-refractivity contribution in [3.05, 3.63) is 59.4 Å². The summed E-state index contributed by atoms with van der Waals surface area (Å²) < 4.78 is 46.2. The van der Waals surface area contributed by atoms with Crippen LogP contribution < -0.4 is 9.46 Å². The Morgan fingerprint density at radius 2 is 1.88 bits per heavy atom. The summed E-state index contributed by atoms with van der Waals surface area (Å²) in [5, 5.41) is 0. The molecule has 0 fully saturated rings. The minimum absolute atomic E-state index is 0.114. The molecule has 0 bridgehead atoms. The third-order valence-corrected chi connectivity index (χ3v) is 5.50. The average molecular weight is 349 g/mol. The van der Waals surface area contributed by atoms with Gasteiger partial charge in [0.15, 0.2) is 0 Å². The third kappa shape index (κ3) is 3.76. The zero-order valence-electron chi connectivity index (χ0n) is 13.7. The number of hydrogen-bond donors (Lipinski definition) is 1. The monoisotopic (exact) mass is 349 g/mol. The van der Waals surface area contributed by atoms with Crippen LogP contribution in [0.1, 0.15) is 31.4 Å².